The van der Waals surface area contributed by atoms with Crippen LogP contribution in [0.2, 0.25) is 0 Å². The summed E-state index contributed by atoms with van der Waals surface area (Å²) in [6.07, 6.45) is 2.66. The highest BCUT2D eigenvalue weighted by Crippen LogP contribution is 2.52. The van der Waals surface area contributed by atoms with Crippen LogP contribution in [0.25, 0.3) is 6.08 Å². The van der Waals surface area contributed by atoms with E-state index in [1.165, 1.54) is 67.8 Å². The number of carbonyl (C=O) groups excluding carboxylic acids is 1. The minimum atomic E-state index is -4.64. The monoisotopic (exact) mass is 644 g/mol. The summed E-state index contributed by atoms with van der Waals surface area (Å²) in [5, 5.41) is 0. The minimum Gasteiger partial charge on any atom is -0.465 e. The van der Waals surface area contributed by atoms with Crippen LogP contribution in [0.1, 0.15) is 39.0 Å². The van der Waals surface area contributed by atoms with Gasteiger partial charge in [0.15, 0.2) is 9.84 Å². The minimum absolute atomic E-state index is 0.0402. The van der Waals surface area contributed by atoms with E-state index in [2.05, 4.69) is 9.46 Å². The lowest BCUT2D eigenvalue weighted by Crippen LogP contribution is -2.38. The maximum absolute atomic E-state index is 14.6. The lowest BCUT2D eigenvalue weighted by Gasteiger charge is -2.34. The first kappa shape index (κ1) is 32.9. The largest absolute Gasteiger partial charge is 0.465 e. The quantitative estimate of drug-likeness (QED) is 0.0824. The van der Waals surface area contributed by atoms with Crippen LogP contribution >= 0.6 is 7.60 Å². The third-order valence-electron chi connectivity index (χ3n) is 7.13. The molecule has 4 aromatic rings. The average Bonchev–Trinajstić information content (AvgIpc) is 3.05. The molecule has 0 saturated heterocycles. The second-order valence-corrected chi connectivity index (χ2v) is 14.0. The number of sulfone groups is 1. The van der Waals surface area contributed by atoms with Crippen molar-refractivity contribution in [1.82, 2.24) is 0 Å². The third-order valence-corrected chi connectivity index (χ3v) is 10.8. The molecule has 4 rings (SSSR count). The fourth-order valence-electron chi connectivity index (χ4n) is 4.84. The first-order valence-electron chi connectivity index (χ1n) is 13.2. The maximum atomic E-state index is 14.6. The predicted molar refractivity (Wildman–Crippen MR) is 159 cm³/mol. The van der Waals surface area contributed by atoms with Crippen molar-refractivity contribution in [2.45, 2.75) is 28.6 Å². The molecule has 0 bridgehead atoms. The van der Waals surface area contributed by atoms with Gasteiger partial charge >= 0.3 is 13.6 Å². The van der Waals surface area contributed by atoms with E-state index in [9.17, 15) is 31.2 Å². The van der Waals surface area contributed by atoms with E-state index in [1.54, 1.807) is 12.2 Å². The first-order chi connectivity index (χ1) is 21.1. The van der Waals surface area contributed by atoms with Gasteiger partial charge in [-0.3, -0.25) is 4.57 Å². The molecule has 0 radical (unpaired) electrons. The van der Waals surface area contributed by atoms with E-state index >= 15 is 0 Å². The number of hydrogen-bond acceptors (Lipinski definition) is 7. The van der Waals surface area contributed by atoms with Crippen molar-refractivity contribution in [1.29, 1.82) is 0 Å². The van der Waals surface area contributed by atoms with E-state index in [1.807, 2.05) is 30.3 Å². The summed E-state index contributed by atoms with van der Waals surface area (Å²) in [6.45, 7) is 0. The molecule has 12 heteroatoms. The molecule has 44 heavy (non-hydrogen) atoms. The van der Waals surface area contributed by atoms with Gasteiger partial charge in [0.25, 0.3) is 0 Å². The Kier molecular flexibility index (Phi) is 10.6. The van der Waals surface area contributed by atoms with Gasteiger partial charge in [0.05, 0.1) is 23.7 Å². The number of rotatable bonds is 13. The van der Waals surface area contributed by atoms with Crippen LogP contribution in [0.3, 0.4) is 0 Å². The number of allylic oxidation sites excluding steroid dienone is 1. The van der Waals surface area contributed by atoms with Crippen molar-refractivity contribution >= 4 is 29.5 Å². The van der Waals surface area contributed by atoms with Crippen molar-refractivity contribution in [3.8, 4) is 0 Å². The van der Waals surface area contributed by atoms with Crippen molar-refractivity contribution in [3.63, 3.8) is 0 Å². The zero-order valence-corrected chi connectivity index (χ0v) is 25.1. The number of benzene rings is 4. The van der Waals surface area contributed by atoms with Crippen LogP contribution in [-0.2, 0) is 45.9 Å². The van der Waals surface area contributed by atoms with Crippen LogP contribution in [-0.4, -0.2) is 21.5 Å². The van der Waals surface area contributed by atoms with Gasteiger partial charge in [0.1, 0.15) is 10.6 Å². The summed E-state index contributed by atoms with van der Waals surface area (Å²) in [5.74, 6) is -1.21. The highest BCUT2D eigenvalue weighted by Gasteiger charge is 2.45. The Morgan fingerprint density at radius 1 is 0.841 bits per heavy atom. The molecule has 0 aliphatic carbocycles. The molecule has 4 aromatic carbocycles. The zero-order valence-electron chi connectivity index (χ0n) is 23.4. The van der Waals surface area contributed by atoms with Crippen LogP contribution in [0.15, 0.2) is 114 Å². The normalized spacial score (nSPS) is 13.5. The number of carbonyl (C=O) groups is 1. The number of ether oxygens (including phenoxy) is 1. The van der Waals surface area contributed by atoms with Crippen molar-refractivity contribution in [2.75, 3.05) is 7.11 Å². The average molecular weight is 645 g/mol. The van der Waals surface area contributed by atoms with Gasteiger partial charge in [-0.1, -0.05) is 78.9 Å². The molecular formula is C32H28F3O7PS. The highest BCUT2D eigenvalue weighted by molar-refractivity contribution is 7.92. The van der Waals surface area contributed by atoms with Gasteiger partial charge in [-0.05, 0) is 80.5 Å². The van der Waals surface area contributed by atoms with E-state index in [0.717, 1.165) is 17.7 Å². The molecule has 0 saturated carbocycles. The van der Waals surface area contributed by atoms with E-state index < -0.39 is 40.1 Å². The van der Waals surface area contributed by atoms with Crippen LogP contribution in [0.5, 0.6) is 0 Å². The second-order valence-electron chi connectivity index (χ2n) is 9.94. The lowest BCUT2D eigenvalue weighted by atomic mass is 9.87. The molecular weight excluding hydrogens is 616 g/mol. The molecule has 1 atom stereocenters. The molecule has 1 unspecified atom stereocenters. The number of halogens is 3. The first-order valence-corrected chi connectivity index (χ1v) is 16.4. The van der Waals surface area contributed by atoms with E-state index in [-0.39, 0.29) is 28.9 Å². The number of hydrogen-bond donors (Lipinski definition) is 0. The standard InChI is InChI=1S/C32H28F3O7PS/c1-40-31(36)27-13-15-28(16-14-27)32(21-5-8-24-6-3-2-4-7-24,44(38,39)30-19-17-29(33)18-20-30)22-25-9-11-26(12-10-25)23-43(37,41-34)42-35/h2-20H,21-23H2,1H3. The molecule has 0 fully saturated rings. The summed E-state index contributed by atoms with van der Waals surface area (Å²) in [4.78, 5) is 12.0. The third kappa shape index (κ3) is 7.36. The molecule has 7 nitrogen and oxygen atoms in total. The van der Waals surface area contributed by atoms with Crippen LogP contribution in [0, 0.1) is 5.82 Å². The molecule has 0 amide bonds. The molecule has 0 N–H and O–H groups in total. The van der Waals surface area contributed by atoms with Gasteiger partial charge in [0.2, 0.25) is 0 Å². The Morgan fingerprint density at radius 2 is 1.43 bits per heavy atom. The Morgan fingerprint density at radius 3 is 2.00 bits per heavy atom. The van der Waals surface area contributed by atoms with Crippen LogP contribution in [0.4, 0.5) is 13.4 Å². The van der Waals surface area contributed by atoms with E-state index in [0.29, 0.717) is 11.1 Å². The molecule has 0 aliphatic heterocycles. The number of methoxy groups -OCH3 is 1. The Labute approximate surface area is 253 Å². The second kappa shape index (κ2) is 14.2. The van der Waals surface area contributed by atoms with Gasteiger partial charge in [-0.25, -0.2) is 17.6 Å². The predicted octanol–water partition coefficient (Wildman–Crippen LogP) is 8.12. The van der Waals surface area contributed by atoms with Gasteiger partial charge in [-0.2, -0.15) is 0 Å². The van der Waals surface area contributed by atoms with Crippen molar-refractivity contribution < 1.29 is 45.4 Å². The topological polar surface area (TPSA) is 96.0 Å². The van der Waals surface area contributed by atoms with Crippen molar-refractivity contribution in [2.24, 2.45) is 0 Å². The number of esters is 1. The SMILES string of the molecule is COC(=O)c1ccc(C(CC=Cc2ccccc2)(Cc2ccc(CP(=O)(OF)OF)cc2)S(=O)(=O)c2ccc(F)cc2)cc1. The summed E-state index contributed by atoms with van der Waals surface area (Å²) >= 11 is 0. The van der Waals surface area contributed by atoms with E-state index in [4.69, 9.17) is 4.74 Å². The molecule has 0 aliphatic rings. The maximum Gasteiger partial charge on any atom is 0.399 e. The Hall–Kier alpha value is -4.02. The lowest BCUT2D eigenvalue weighted by molar-refractivity contribution is -0.0881. The molecule has 0 heterocycles. The van der Waals surface area contributed by atoms with Gasteiger partial charge < -0.3 is 4.74 Å². The summed E-state index contributed by atoms with van der Waals surface area (Å²) in [5.41, 5.74) is 2.11. The fraction of sp³-hybridized carbons (Fsp3) is 0.156. The Bertz CT molecular complexity index is 1740. The fourth-order valence-corrected chi connectivity index (χ4v) is 7.69. The highest BCUT2D eigenvalue weighted by atomic mass is 32.2. The van der Waals surface area contributed by atoms with Crippen molar-refractivity contribution in [3.05, 3.63) is 143 Å². The molecule has 0 aromatic heterocycles. The summed E-state index contributed by atoms with van der Waals surface area (Å²) in [6, 6.07) is 25.7. The summed E-state index contributed by atoms with van der Waals surface area (Å²) < 4.78 is 89.7. The zero-order chi connectivity index (χ0) is 31.8. The molecule has 0 spiro atoms. The van der Waals surface area contributed by atoms with Crippen LogP contribution < -0.4 is 0 Å². The summed E-state index contributed by atoms with van der Waals surface area (Å²) in [7, 11) is -7.70. The molecule has 230 valence electrons. The Balaban J connectivity index is 1.87. The smallest absolute Gasteiger partial charge is 0.399 e. The van der Waals surface area contributed by atoms with Gasteiger partial charge in [-0.15, -0.1) is 9.46 Å². The van der Waals surface area contributed by atoms with Gasteiger partial charge in [0, 0.05) is 0 Å².